The Kier molecular flexibility index (Phi) is 9.95. The molecule has 3 unspecified atom stereocenters. The molecule has 0 aromatic rings. The summed E-state index contributed by atoms with van der Waals surface area (Å²) < 4.78 is 14.1. The van der Waals surface area contributed by atoms with Gasteiger partial charge in [0.2, 0.25) is 0 Å². The van der Waals surface area contributed by atoms with Crippen LogP contribution in [0.5, 0.6) is 0 Å². The summed E-state index contributed by atoms with van der Waals surface area (Å²) in [6.07, 6.45) is -6.24. The van der Waals surface area contributed by atoms with Crippen molar-refractivity contribution in [3.8, 4) is 0 Å². The van der Waals surface area contributed by atoms with Crippen molar-refractivity contribution in [2.45, 2.75) is 24.7 Å². The molecule has 97 valence electrons. The minimum absolute atomic E-state index is 0. The van der Waals surface area contributed by atoms with E-state index in [1.807, 2.05) is 0 Å². The van der Waals surface area contributed by atoms with E-state index in [0.717, 1.165) is 0 Å². The molecule has 0 aliphatic carbocycles. The Balaban J connectivity index is 0. The van der Waals surface area contributed by atoms with Crippen LogP contribution in [0.1, 0.15) is 6.42 Å². The minimum atomic E-state index is -4.79. The van der Waals surface area contributed by atoms with Crippen LogP contribution in [0.25, 0.3) is 0 Å². The van der Waals surface area contributed by atoms with Crippen LogP contribution in [0.2, 0.25) is 0 Å². The molecule has 0 aromatic carbocycles. The number of aliphatic hydroxyl groups is 3. The van der Waals surface area contributed by atoms with Crippen LogP contribution in [0.3, 0.4) is 0 Å². The second-order valence-corrected chi connectivity index (χ2v) is 4.25. The molecule has 0 saturated heterocycles. The zero-order valence-electron chi connectivity index (χ0n) is 9.00. The molecular weight excluding hydrogens is 270 g/mol. The van der Waals surface area contributed by atoms with Gasteiger partial charge in [-0.15, -0.1) is 0 Å². The van der Waals surface area contributed by atoms with E-state index in [1.165, 1.54) is 0 Å². The first-order chi connectivity index (χ1) is 7.13. The van der Waals surface area contributed by atoms with Crippen molar-refractivity contribution in [2.24, 2.45) is 0 Å². The van der Waals surface area contributed by atoms with Crippen molar-refractivity contribution >= 4 is 43.3 Å². The van der Waals surface area contributed by atoms with Gasteiger partial charge in [0.05, 0.1) is 19.1 Å². The van der Waals surface area contributed by atoms with Gasteiger partial charge in [0, 0.05) is 29.6 Å². The van der Waals surface area contributed by atoms with Gasteiger partial charge in [-0.25, -0.2) is 4.57 Å². The molecule has 11 heteroatoms. The monoisotopic (exact) mass is 283 g/mol. The Morgan fingerprint density at radius 1 is 1.18 bits per heavy atom. The van der Waals surface area contributed by atoms with Crippen LogP contribution >= 0.6 is 7.82 Å². The second-order valence-electron chi connectivity index (χ2n) is 3.01. The average molecular weight is 283 g/mol. The summed E-state index contributed by atoms with van der Waals surface area (Å²) in [6.45, 7) is -0.928. The van der Waals surface area contributed by atoms with Crippen molar-refractivity contribution < 1.29 is 44.1 Å². The molecule has 0 spiro atoms. The number of carbonyl (C=O) groups is 1. The van der Waals surface area contributed by atoms with Crippen LogP contribution < -0.4 is 0 Å². The van der Waals surface area contributed by atoms with Crippen molar-refractivity contribution in [1.82, 2.24) is 0 Å². The summed E-state index contributed by atoms with van der Waals surface area (Å²) in [5, 5.41) is 35.5. The smallest absolute Gasteiger partial charge is 0.469 e. The van der Waals surface area contributed by atoms with Crippen molar-refractivity contribution in [3.05, 3.63) is 0 Å². The summed E-state index contributed by atoms with van der Waals surface area (Å²) in [4.78, 5) is 26.7. The number of phosphoric acid groups is 1. The van der Waals surface area contributed by atoms with Gasteiger partial charge in [-0.3, -0.25) is 9.32 Å². The van der Waals surface area contributed by atoms with Crippen molar-refractivity contribution in [1.29, 1.82) is 0 Å². The summed E-state index contributed by atoms with van der Waals surface area (Å²) >= 11 is 0. The quantitative estimate of drug-likeness (QED) is 0.215. The number of carboxylic acid groups (broad SMARTS) is 1. The number of aliphatic carboxylic acids is 1. The van der Waals surface area contributed by atoms with Gasteiger partial charge in [-0.05, 0) is 0 Å². The number of carboxylic acids is 1. The van der Waals surface area contributed by atoms with Crippen LogP contribution in [0.4, 0.5) is 0 Å². The predicted octanol–water partition coefficient (Wildman–Crippen LogP) is -2.73. The van der Waals surface area contributed by atoms with Gasteiger partial charge in [-0.2, -0.15) is 0 Å². The molecule has 1 radical (unpaired) electrons. The zero-order chi connectivity index (χ0) is 12.9. The molecule has 3 atom stereocenters. The molecule has 17 heavy (non-hydrogen) atoms. The van der Waals surface area contributed by atoms with Crippen molar-refractivity contribution in [3.63, 3.8) is 0 Å². The summed E-state index contributed by atoms with van der Waals surface area (Å²) in [6, 6.07) is 0. The normalized spacial score (nSPS) is 16.8. The maximum absolute atomic E-state index is 10.2. The molecule has 0 aromatic heterocycles. The summed E-state index contributed by atoms with van der Waals surface area (Å²) in [7, 11) is -4.79. The summed E-state index contributed by atoms with van der Waals surface area (Å²) in [5.74, 6) is -1.39. The van der Waals surface area contributed by atoms with Crippen LogP contribution in [0.15, 0.2) is 0 Å². The van der Waals surface area contributed by atoms with Gasteiger partial charge in [-0.1, -0.05) is 0 Å². The third kappa shape index (κ3) is 10.1. The van der Waals surface area contributed by atoms with E-state index in [1.54, 1.807) is 0 Å². The third-order valence-electron chi connectivity index (χ3n) is 1.59. The molecule has 0 rings (SSSR count). The Morgan fingerprint density at radius 3 is 2.00 bits per heavy atom. The Bertz CT molecular complexity index is 279. The topological polar surface area (TPSA) is 165 Å². The van der Waals surface area contributed by atoms with Gasteiger partial charge < -0.3 is 30.2 Å². The molecule has 9 nitrogen and oxygen atoms in total. The molecular formula is C6H13NaO9P. The largest absolute Gasteiger partial charge is 0.481 e. The molecule has 0 aliphatic rings. The maximum Gasteiger partial charge on any atom is 0.469 e. The molecule has 0 heterocycles. The number of hydrogen-bond acceptors (Lipinski definition) is 6. The van der Waals surface area contributed by atoms with Gasteiger partial charge in [0.15, 0.2) is 0 Å². The fraction of sp³-hybridized carbons (Fsp3) is 0.833. The standard InChI is InChI=1S/C6H13O9P.Na/c7-3(1-5(9)10)6(11)4(8)2-15-16(12,13)14;/h3-4,6-8,11H,1-2H2,(H,9,10)(H2,12,13,14);. The molecule has 0 aliphatic heterocycles. The van der Waals surface area contributed by atoms with Crippen molar-refractivity contribution in [2.75, 3.05) is 6.61 Å². The maximum atomic E-state index is 10.2. The number of phosphoric ester groups is 1. The van der Waals surface area contributed by atoms with Crippen LogP contribution in [0, 0.1) is 0 Å². The van der Waals surface area contributed by atoms with E-state index in [2.05, 4.69) is 4.52 Å². The Morgan fingerprint density at radius 2 is 1.65 bits per heavy atom. The zero-order valence-corrected chi connectivity index (χ0v) is 11.9. The first-order valence-corrected chi connectivity index (χ1v) is 5.62. The SMILES string of the molecule is O=C(O)CC(O)C(O)C(O)COP(=O)(O)O.[Na]. The second kappa shape index (κ2) is 8.54. The predicted molar refractivity (Wildman–Crippen MR) is 54.0 cm³/mol. The van der Waals surface area contributed by atoms with E-state index in [-0.39, 0.29) is 29.6 Å². The number of hydrogen-bond donors (Lipinski definition) is 6. The average Bonchev–Trinajstić information content (AvgIpc) is 2.10. The molecule has 0 bridgehead atoms. The molecule has 6 N–H and O–H groups in total. The number of aliphatic hydroxyl groups excluding tert-OH is 3. The van der Waals surface area contributed by atoms with Crippen LogP contribution in [-0.2, 0) is 13.9 Å². The van der Waals surface area contributed by atoms with E-state index >= 15 is 0 Å². The molecule has 0 saturated carbocycles. The third-order valence-corrected chi connectivity index (χ3v) is 2.07. The van der Waals surface area contributed by atoms with Gasteiger partial charge in [0.1, 0.15) is 12.2 Å². The minimum Gasteiger partial charge on any atom is -0.481 e. The first kappa shape index (κ1) is 19.8. The van der Waals surface area contributed by atoms with Gasteiger partial charge >= 0.3 is 13.8 Å². The molecule has 0 amide bonds. The fourth-order valence-corrected chi connectivity index (χ4v) is 1.18. The van der Waals surface area contributed by atoms with E-state index in [9.17, 15) is 9.36 Å². The van der Waals surface area contributed by atoms with E-state index in [0.29, 0.717) is 0 Å². The van der Waals surface area contributed by atoms with Gasteiger partial charge in [0.25, 0.3) is 0 Å². The summed E-state index contributed by atoms with van der Waals surface area (Å²) in [5.41, 5.74) is 0. The van der Waals surface area contributed by atoms with Crippen LogP contribution in [-0.4, -0.2) is 90.7 Å². The molecule has 0 fully saturated rings. The first-order valence-electron chi connectivity index (χ1n) is 4.09. The van der Waals surface area contributed by atoms with E-state index < -0.39 is 45.1 Å². The Hall–Kier alpha value is 0.460. The van der Waals surface area contributed by atoms with E-state index in [4.69, 9.17) is 30.2 Å². The number of rotatable bonds is 7. The fourth-order valence-electron chi connectivity index (χ4n) is 0.828. The Labute approximate surface area is 119 Å².